The van der Waals surface area contributed by atoms with E-state index in [1.807, 2.05) is 56.3 Å². The molecule has 1 amide bonds. The molecule has 7 nitrogen and oxygen atoms in total. The first-order chi connectivity index (χ1) is 18.4. The second kappa shape index (κ2) is 8.79. The van der Waals surface area contributed by atoms with Gasteiger partial charge >= 0.3 is 0 Å². The summed E-state index contributed by atoms with van der Waals surface area (Å²) in [6, 6.07) is 21.5. The summed E-state index contributed by atoms with van der Waals surface area (Å²) in [6.07, 6.45) is 0. The molecule has 6 rings (SSSR count). The van der Waals surface area contributed by atoms with E-state index in [9.17, 15) is 10.1 Å². The average molecular weight is 501 g/mol. The fourth-order valence-electron chi connectivity index (χ4n) is 5.14. The number of carbonyl (C=O) groups excluding carboxylic acids is 1. The van der Waals surface area contributed by atoms with Crippen molar-refractivity contribution < 1.29 is 13.9 Å². The molecule has 3 heterocycles. The van der Waals surface area contributed by atoms with E-state index >= 15 is 0 Å². The SMILES string of the molecule is COc1cc(N)nc(C)c1CNC(=O)c1ccc2c(c1)c1oc2c2ccc(-c3ccc(C)cc3C#N)cc21. The highest BCUT2D eigenvalue weighted by atomic mass is 16.5. The number of benzene rings is 4. The number of aryl methyl sites for hydroxylation is 2. The normalized spacial score (nSPS) is 11.3. The van der Waals surface area contributed by atoms with Gasteiger partial charge in [0, 0.05) is 51.0 Å². The molecule has 6 aromatic rings. The van der Waals surface area contributed by atoms with Gasteiger partial charge in [0.05, 0.1) is 18.7 Å². The molecule has 0 aliphatic rings. The van der Waals surface area contributed by atoms with Gasteiger partial charge in [-0.1, -0.05) is 18.2 Å². The van der Waals surface area contributed by atoms with Crippen molar-refractivity contribution >= 4 is 44.4 Å². The lowest BCUT2D eigenvalue weighted by molar-refractivity contribution is 0.0950. The first kappa shape index (κ1) is 23.3. The molecule has 38 heavy (non-hydrogen) atoms. The highest BCUT2D eigenvalue weighted by molar-refractivity contribution is 6.26. The number of anilines is 1. The molecule has 3 N–H and O–H groups in total. The molecule has 0 fully saturated rings. The fourth-order valence-corrected chi connectivity index (χ4v) is 5.14. The molecule has 3 aromatic heterocycles. The highest BCUT2D eigenvalue weighted by Gasteiger charge is 2.20. The number of nitrogens with one attached hydrogen (secondary N) is 1. The Morgan fingerprint density at radius 3 is 2.50 bits per heavy atom. The smallest absolute Gasteiger partial charge is 0.251 e. The van der Waals surface area contributed by atoms with Crippen molar-refractivity contribution in [3.63, 3.8) is 0 Å². The third-order valence-electron chi connectivity index (χ3n) is 7.05. The van der Waals surface area contributed by atoms with Gasteiger partial charge in [-0.05, 0) is 66.9 Å². The topological polar surface area (TPSA) is 114 Å². The Balaban J connectivity index is 1.36. The zero-order valence-corrected chi connectivity index (χ0v) is 21.2. The van der Waals surface area contributed by atoms with Crippen LogP contribution in [-0.4, -0.2) is 18.0 Å². The van der Waals surface area contributed by atoms with E-state index in [0.29, 0.717) is 28.4 Å². The number of rotatable bonds is 5. The lowest BCUT2D eigenvalue weighted by Gasteiger charge is -2.13. The molecule has 7 heteroatoms. The van der Waals surface area contributed by atoms with E-state index in [-0.39, 0.29) is 12.5 Å². The summed E-state index contributed by atoms with van der Waals surface area (Å²) < 4.78 is 11.6. The van der Waals surface area contributed by atoms with Crippen LogP contribution in [0.2, 0.25) is 0 Å². The third-order valence-corrected chi connectivity index (χ3v) is 7.05. The summed E-state index contributed by atoms with van der Waals surface area (Å²) in [7, 11) is 1.56. The van der Waals surface area contributed by atoms with Crippen LogP contribution < -0.4 is 15.8 Å². The lowest BCUT2D eigenvalue weighted by Crippen LogP contribution is -2.23. The predicted octanol–water partition coefficient (Wildman–Crippen LogP) is 6.25. The van der Waals surface area contributed by atoms with Crippen molar-refractivity contribution in [1.29, 1.82) is 5.26 Å². The number of pyridine rings is 1. The van der Waals surface area contributed by atoms with Crippen LogP contribution in [0.15, 0.2) is 65.1 Å². The Labute approximate surface area is 218 Å². The largest absolute Gasteiger partial charge is 0.496 e. The molecular weight excluding hydrogens is 476 g/mol. The third kappa shape index (κ3) is 3.66. The molecule has 0 atom stereocenters. The van der Waals surface area contributed by atoms with E-state index in [1.54, 1.807) is 19.2 Å². The van der Waals surface area contributed by atoms with Gasteiger partial charge in [0.2, 0.25) is 0 Å². The second-order valence-corrected chi connectivity index (χ2v) is 9.44. The Bertz CT molecular complexity index is 1930. The average Bonchev–Trinajstić information content (AvgIpc) is 3.48. The number of nitrogen functional groups attached to an aromatic ring is 1. The van der Waals surface area contributed by atoms with Crippen molar-refractivity contribution in [2.75, 3.05) is 12.8 Å². The van der Waals surface area contributed by atoms with Crippen LogP contribution in [0.5, 0.6) is 5.75 Å². The predicted molar refractivity (Wildman–Crippen MR) is 148 cm³/mol. The summed E-state index contributed by atoms with van der Waals surface area (Å²) >= 11 is 0. The van der Waals surface area contributed by atoms with Gasteiger partial charge in [0.1, 0.15) is 22.7 Å². The van der Waals surface area contributed by atoms with Crippen LogP contribution in [0.1, 0.15) is 32.7 Å². The summed E-state index contributed by atoms with van der Waals surface area (Å²) in [5.41, 5.74) is 12.8. The van der Waals surface area contributed by atoms with Crippen molar-refractivity contribution in [1.82, 2.24) is 10.3 Å². The van der Waals surface area contributed by atoms with Gasteiger partial charge in [-0.25, -0.2) is 4.98 Å². The molecule has 0 saturated carbocycles. The van der Waals surface area contributed by atoms with Crippen molar-refractivity contribution in [3.8, 4) is 22.9 Å². The molecule has 2 bridgehead atoms. The lowest BCUT2D eigenvalue weighted by atomic mass is 9.95. The van der Waals surface area contributed by atoms with Crippen LogP contribution in [0, 0.1) is 25.2 Å². The van der Waals surface area contributed by atoms with E-state index in [1.165, 1.54) is 0 Å². The van der Waals surface area contributed by atoms with E-state index in [0.717, 1.165) is 55.0 Å². The standard InChI is InChI=1S/C31H24N4O3/c1-16-4-7-21(20(10-16)14-32)18-5-8-22-24(11-18)30-25-12-19(6-9-23(25)29(22)38-30)31(36)34-15-26-17(2)35-28(33)13-27(26)37-3/h4-13H,15H2,1-3H3,(H2,33,35)(H,34,36). The minimum Gasteiger partial charge on any atom is -0.496 e. The molecule has 186 valence electrons. The van der Waals surface area contributed by atoms with Gasteiger partial charge in [-0.2, -0.15) is 5.26 Å². The number of nitrogens with two attached hydrogens (primary N) is 1. The number of fused-ring (bicyclic) bond motifs is 8. The quantitative estimate of drug-likeness (QED) is 0.271. The van der Waals surface area contributed by atoms with Crippen molar-refractivity contribution in [2.24, 2.45) is 0 Å². The molecule has 0 aliphatic heterocycles. The molecule has 0 spiro atoms. The van der Waals surface area contributed by atoms with Crippen LogP contribution in [0.3, 0.4) is 0 Å². The number of furan rings is 2. The van der Waals surface area contributed by atoms with Crippen LogP contribution in [0.25, 0.3) is 43.8 Å². The van der Waals surface area contributed by atoms with Gasteiger partial charge in [-0.15, -0.1) is 0 Å². The zero-order valence-electron chi connectivity index (χ0n) is 21.2. The molecule has 3 aromatic carbocycles. The maximum atomic E-state index is 13.1. The first-order valence-corrected chi connectivity index (χ1v) is 12.2. The van der Waals surface area contributed by atoms with Crippen LogP contribution in [0.4, 0.5) is 5.82 Å². The summed E-state index contributed by atoms with van der Waals surface area (Å²) in [6.45, 7) is 4.06. The zero-order chi connectivity index (χ0) is 26.6. The molecule has 0 radical (unpaired) electrons. The van der Waals surface area contributed by atoms with E-state index < -0.39 is 0 Å². The molecule has 0 saturated heterocycles. The van der Waals surface area contributed by atoms with E-state index in [4.69, 9.17) is 14.9 Å². The van der Waals surface area contributed by atoms with Crippen molar-refractivity contribution in [3.05, 3.63) is 88.6 Å². The Morgan fingerprint density at radius 2 is 1.74 bits per heavy atom. The number of nitrogens with zero attached hydrogens (tertiary/aromatic N) is 2. The maximum absolute atomic E-state index is 13.1. The fraction of sp³-hybridized carbons (Fsp3) is 0.129. The maximum Gasteiger partial charge on any atom is 0.251 e. The molecule has 0 aliphatic carbocycles. The Kier molecular flexibility index (Phi) is 5.39. The van der Waals surface area contributed by atoms with Gasteiger partial charge in [-0.3, -0.25) is 4.79 Å². The number of ether oxygens (including phenoxy) is 1. The summed E-state index contributed by atoms with van der Waals surface area (Å²) in [5, 5.41) is 16.4. The van der Waals surface area contributed by atoms with Crippen LogP contribution >= 0.6 is 0 Å². The Hall–Kier alpha value is -5.09. The van der Waals surface area contributed by atoms with Gasteiger partial charge in [0.15, 0.2) is 0 Å². The Morgan fingerprint density at radius 1 is 1.00 bits per heavy atom. The summed E-state index contributed by atoms with van der Waals surface area (Å²) in [4.78, 5) is 17.4. The van der Waals surface area contributed by atoms with Crippen LogP contribution in [-0.2, 0) is 6.54 Å². The minimum absolute atomic E-state index is 0.216. The number of hydrogen-bond acceptors (Lipinski definition) is 6. The number of hydrogen-bond donors (Lipinski definition) is 2. The van der Waals surface area contributed by atoms with Crippen molar-refractivity contribution in [2.45, 2.75) is 20.4 Å². The summed E-state index contributed by atoms with van der Waals surface area (Å²) in [5.74, 6) is 0.737. The van der Waals surface area contributed by atoms with E-state index in [2.05, 4.69) is 22.4 Å². The number of methoxy groups -OCH3 is 1. The second-order valence-electron chi connectivity index (χ2n) is 9.44. The number of amides is 1. The minimum atomic E-state index is -0.216. The first-order valence-electron chi connectivity index (χ1n) is 12.2. The monoisotopic (exact) mass is 500 g/mol. The molecular formula is C31H24N4O3. The van der Waals surface area contributed by atoms with Gasteiger partial charge < -0.3 is 20.2 Å². The number of carbonyl (C=O) groups is 1. The highest BCUT2D eigenvalue weighted by Crippen LogP contribution is 2.42. The molecule has 0 unspecified atom stereocenters. The van der Waals surface area contributed by atoms with Gasteiger partial charge in [0.25, 0.3) is 5.91 Å². The number of nitriles is 1. The number of aromatic nitrogens is 1.